The van der Waals surface area contributed by atoms with Crippen LogP contribution in [-0.2, 0) is 4.74 Å². The topological polar surface area (TPSA) is 85.9 Å². The average molecular weight is 398 g/mol. The summed E-state index contributed by atoms with van der Waals surface area (Å²) >= 11 is 0. The van der Waals surface area contributed by atoms with Crippen LogP contribution in [0.1, 0.15) is 36.0 Å². The second-order valence-corrected chi connectivity index (χ2v) is 6.90. The van der Waals surface area contributed by atoms with E-state index in [-0.39, 0.29) is 18.1 Å². The molecule has 0 aromatic heterocycles. The Morgan fingerprint density at radius 1 is 0.966 bits per heavy atom. The third kappa shape index (κ3) is 5.40. The molecule has 1 aliphatic rings. The van der Waals surface area contributed by atoms with Crippen LogP contribution < -0.4 is 20.1 Å². The zero-order valence-corrected chi connectivity index (χ0v) is 16.6. The van der Waals surface area contributed by atoms with E-state index >= 15 is 0 Å². The van der Waals surface area contributed by atoms with Gasteiger partial charge in [-0.25, -0.2) is 4.79 Å². The van der Waals surface area contributed by atoms with Crippen molar-refractivity contribution < 1.29 is 23.8 Å². The predicted octanol–water partition coefficient (Wildman–Crippen LogP) is 3.99. The van der Waals surface area contributed by atoms with E-state index in [0.29, 0.717) is 29.2 Å². The molecule has 2 aromatic rings. The van der Waals surface area contributed by atoms with E-state index < -0.39 is 6.09 Å². The Bertz CT molecular complexity index is 840. The van der Waals surface area contributed by atoms with Crippen molar-refractivity contribution in [2.45, 2.75) is 37.8 Å². The van der Waals surface area contributed by atoms with Crippen molar-refractivity contribution in [3.8, 4) is 11.5 Å². The molecule has 0 spiro atoms. The number of ether oxygens (including phenoxy) is 3. The van der Waals surface area contributed by atoms with Crippen molar-refractivity contribution in [3.63, 3.8) is 0 Å². The van der Waals surface area contributed by atoms with Gasteiger partial charge in [0.1, 0.15) is 6.10 Å². The Balaban J connectivity index is 1.57. The fourth-order valence-corrected chi connectivity index (χ4v) is 3.53. The highest BCUT2D eigenvalue weighted by Crippen LogP contribution is 2.31. The summed E-state index contributed by atoms with van der Waals surface area (Å²) in [5, 5.41) is 5.75. The van der Waals surface area contributed by atoms with Crippen molar-refractivity contribution in [2.75, 3.05) is 19.5 Å². The summed E-state index contributed by atoms with van der Waals surface area (Å²) in [5.41, 5.74) is 1.10. The third-order valence-electron chi connectivity index (χ3n) is 4.90. The largest absolute Gasteiger partial charge is 0.493 e. The summed E-state index contributed by atoms with van der Waals surface area (Å²) in [7, 11) is 3.04. The number of carbonyl (C=O) groups is 2. The van der Waals surface area contributed by atoms with Crippen LogP contribution >= 0.6 is 0 Å². The molecule has 7 heteroatoms. The second-order valence-electron chi connectivity index (χ2n) is 6.90. The molecule has 2 atom stereocenters. The summed E-state index contributed by atoms with van der Waals surface area (Å²) < 4.78 is 16.1. The number of nitrogens with one attached hydrogen (secondary N) is 2. The van der Waals surface area contributed by atoms with Gasteiger partial charge in [0.15, 0.2) is 11.5 Å². The number of hydrogen-bond donors (Lipinski definition) is 2. The van der Waals surface area contributed by atoms with Gasteiger partial charge in [0.25, 0.3) is 5.91 Å². The van der Waals surface area contributed by atoms with Gasteiger partial charge in [-0.3, -0.25) is 10.1 Å². The van der Waals surface area contributed by atoms with Crippen LogP contribution in [0, 0.1) is 0 Å². The van der Waals surface area contributed by atoms with Crippen LogP contribution in [0.4, 0.5) is 10.5 Å². The van der Waals surface area contributed by atoms with E-state index in [1.807, 2.05) is 18.2 Å². The molecule has 1 aliphatic carbocycles. The number of anilines is 1. The minimum atomic E-state index is -0.484. The first kappa shape index (κ1) is 20.5. The quantitative estimate of drug-likeness (QED) is 0.768. The molecular weight excluding hydrogens is 372 g/mol. The molecule has 29 heavy (non-hydrogen) atoms. The van der Waals surface area contributed by atoms with Crippen molar-refractivity contribution in [2.24, 2.45) is 0 Å². The lowest BCUT2D eigenvalue weighted by Crippen LogP contribution is -2.41. The monoisotopic (exact) mass is 398 g/mol. The van der Waals surface area contributed by atoms with Gasteiger partial charge in [-0.05, 0) is 43.5 Å². The highest BCUT2D eigenvalue weighted by atomic mass is 16.6. The summed E-state index contributed by atoms with van der Waals surface area (Å²) in [5.74, 6) is 0.668. The fourth-order valence-electron chi connectivity index (χ4n) is 3.53. The highest BCUT2D eigenvalue weighted by Gasteiger charge is 2.27. The number of rotatable bonds is 6. The molecule has 0 heterocycles. The van der Waals surface area contributed by atoms with Gasteiger partial charge in [-0.1, -0.05) is 24.3 Å². The summed E-state index contributed by atoms with van der Waals surface area (Å²) in [6, 6.07) is 14.3. The van der Waals surface area contributed by atoms with Gasteiger partial charge < -0.3 is 19.5 Å². The van der Waals surface area contributed by atoms with Gasteiger partial charge in [-0.15, -0.1) is 0 Å². The molecule has 0 unspecified atom stereocenters. The standard InChI is InChI=1S/C22H26N2O5/c1-27-19-13-7-12-18(20(19)28-2)21(25)23-16-10-6-11-17(14-16)29-22(26)24-15-8-4-3-5-9-15/h3-5,7-9,12-13,16-17H,6,10-11,14H2,1-2H3,(H,23,25)(H,24,26)/t16-,17+/m0/s1. The second kappa shape index (κ2) is 9.82. The van der Waals surface area contributed by atoms with Crippen molar-refractivity contribution in [1.82, 2.24) is 5.32 Å². The Labute approximate surface area is 170 Å². The molecule has 2 N–H and O–H groups in total. The number of benzene rings is 2. The average Bonchev–Trinajstić information content (AvgIpc) is 2.73. The molecule has 3 rings (SSSR count). The van der Waals surface area contributed by atoms with Gasteiger partial charge >= 0.3 is 6.09 Å². The van der Waals surface area contributed by atoms with E-state index in [4.69, 9.17) is 14.2 Å². The van der Waals surface area contributed by atoms with Gasteiger partial charge in [0.2, 0.25) is 0 Å². The zero-order chi connectivity index (χ0) is 20.6. The van der Waals surface area contributed by atoms with Crippen molar-refractivity contribution in [1.29, 1.82) is 0 Å². The molecule has 2 amide bonds. The Hall–Kier alpha value is -3.22. The van der Waals surface area contributed by atoms with Crippen LogP contribution in [0.5, 0.6) is 11.5 Å². The van der Waals surface area contributed by atoms with Crippen LogP contribution in [0.2, 0.25) is 0 Å². The Morgan fingerprint density at radius 3 is 2.48 bits per heavy atom. The number of methoxy groups -OCH3 is 2. The normalized spacial score (nSPS) is 18.4. The lowest BCUT2D eigenvalue weighted by Gasteiger charge is -2.29. The lowest BCUT2D eigenvalue weighted by molar-refractivity contribution is 0.0711. The van der Waals surface area contributed by atoms with E-state index in [2.05, 4.69) is 10.6 Å². The molecule has 0 saturated heterocycles. The zero-order valence-electron chi connectivity index (χ0n) is 16.6. The molecule has 1 saturated carbocycles. The van der Waals surface area contributed by atoms with Crippen LogP contribution in [0.15, 0.2) is 48.5 Å². The molecule has 2 aromatic carbocycles. The summed E-state index contributed by atoms with van der Waals surface area (Å²) in [6.45, 7) is 0. The Morgan fingerprint density at radius 2 is 1.76 bits per heavy atom. The van der Waals surface area contributed by atoms with Gasteiger partial charge in [0, 0.05) is 18.2 Å². The fraction of sp³-hybridized carbons (Fsp3) is 0.364. The molecule has 0 radical (unpaired) electrons. The Kier molecular flexibility index (Phi) is 6.94. The lowest BCUT2D eigenvalue weighted by atomic mass is 9.92. The molecule has 1 fully saturated rings. The van der Waals surface area contributed by atoms with Crippen LogP contribution in [-0.4, -0.2) is 38.4 Å². The minimum absolute atomic E-state index is 0.0818. The van der Waals surface area contributed by atoms with E-state index in [1.54, 1.807) is 30.3 Å². The SMILES string of the molecule is COc1cccc(C(=O)N[C@H]2CCC[C@@H](OC(=O)Nc3ccccc3)C2)c1OC. The molecule has 0 bridgehead atoms. The van der Waals surface area contributed by atoms with Crippen LogP contribution in [0.3, 0.4) is 0 Å². The first-order valence-corrected chi connectivity index (χ1v) is 9.65. The minimum Gasteiger partial charge on any atom is -0.493 e. The van der Waals surface area contributed by atoms with E-state index in [1.165, 1.54) is 14.2 Å². The first-order valence-electron chi connectivity index (χ1n) is 9.65. The maximum atomic E-state index is 12.8. The van der Waals surface area contributed by atoms with Crippen LogP contribution in [0.25, 0.3) is 0 Å². The maximum Gasteiger partial charge on any atom is 0.411 e. The molecule has 7 nitrogen and oxygen atoms in total. The summed E-state index contributed by atoms with van der Waals surface area (Å²) in [4.78, 5) is 24.9. The predicted molar refractivity (Wildman–Crippen MR) is 110 cm³/mol. The number of amides is 2. The van der Waals surface area contributed by atoms with Gasteiger partial charge in [-0.2, -0.15) is 0 Å². The first-order chi connectivity index (χ1) is 14.1. The van der Waals surface area contributed by atoms with E-state index in [0.717, 1.165) is 19.3 Å². The number of carbonyl (C=O) groups excluding carboxylic acids is 2. The molecular formula is C22H26N2O5. The number of hydrogen-bond acceptors (Lipinski definition) is 5. The molecule has 0 aliphatic heterocycles. The number of para-hydroxylation sites is 2. The highest BCUT2D eigenvalue weighted by molar-refractivity contribution is 5.98. The molecule has 154 valence electrons. The smallest absolute Gasteiger partial charge is 0.411 e. The third-order valence-corrected chi connectivity index (χ3v) is 4.90. The van der Waals surface area contributed by atoms with Crippen molar-refractivity contribution >= 4 is 17.7 Å². The van der Waals surface area contributed by atoms with Gasteiger partial charge in [0.05, 0.1) is 19.8 Å². The maximum absolute atomic E-state index is 12.8. The summed E-state index contributed by atoms with van der Waals surface area (Å²) in [6.07, 6.45) is 2.31. The van der Waals surface area contributed by atoms with E-state index in [9.17, 15) is 9.59 Å². The van der Waals surface area contributed by atoms with Crippen molar-refractivity contribution in [3.05, 3.63) is 54.1 Å².